The number of rotatable bonds is 11. The van der Waals surface area contributed by atoms with Gasteiger partial charge in [-0.15, -0.1) is 22.7 Å². The lowest BCUT2D eigenvalue weighted by Gasteiger charge is -2.16. The first-order chi connectivity index (χ1) is 17.6. The van der Waals surface area contributed by atoms with Gasteiger partial charge in [0.2, 0.25) is 0 Å². The average molecular weight is 521 g/mol. The van der Waals surface area contributed by atoms with Crippen molar-refractivity contribution in [1.82, 2.24) is 10.6 Å². The zero-order chi connectivity index (χ0) is 25.3. The molecule has 0 saturated heterocycles. The van der Waals surface area contributed by atoms with Crippen molar-refractivity contribution in [2.24, 2.45) is 0 Å². The van der Waals surface area contributed by atoms with E-state index in [-0.39, 0.29) is 11.8 Å². The Bertz CT molecular complexity index is 1300. The Labute approximate surface area is 218 Å². The fraction of sp³-hybridized carbons (Fsp3) is 0.214. The van der Waals surface area contributed by atoms with Gasteiger partial charge in [0.05, 0.1) is 19.8 Å². The fourth-order valence-corrected chi connectivity index (χ4v) is 5.26. The Kier molecular flexibility index (Phi) is 8.76. The van der Waals surface area contributed by atoms with Crippen LogP contribution in [0.3, 0.4) is 0 Å². The number of nitrogens with one attached hydrogen (secondary N) is 2. The van der Waals surface area contributed by atoms with Crippen molar-refractivity contribution in [2.75, 3.05) is 27.3 Å². The van der Waals surface area contributed by atoms with Crippen LogP contribution in [-0.2, 0) is 12.8 Å². The van der Waals surface area contributed by atoms with Crippen LogP contribution in [0.5, 0.6) is 11.5 Å². The van der Waals surface area contributed by atoms with Crippen LogP contribution in [0.1, 0.15) is 30.5 Å². The maximum absolute atomic E-state index is 13.2. The molecule has 0 aliphatic carbocycles. The molecule has 8 heteroatoms. The van der Waals surface area contributed by atoms with E-state index in [4.69, 9.17) is 9.47 Å². The van der Waals surface area contributed by atoms with E-state index < -0.39 is 0 Å². The molecule has 186 valence electrons. The summed E-state index contributed by atoms with van der Waals surface area (Å²) in [5.41, 5.74) is 2.27. The van der Waals surface area contributed by atoms with E-state index in [9.17, 15) is 9.59 Å². The minimum atomic E-state index is -0.215. The number of thiophene rings is 2. The van der Waals surface area contributed by atoms with Crippen molar-refractivity contribution in [3.63, 3.8) is 0 Å². The number of carbonyl (C=O) groups is 2. The van der Waals surface area contributed by atoms with E-state index >= 15 is 0 Å². The van der Waals surface area contributed by atoms with Crippen molar-refractivity contribution in [3.8, 4) is 22.6 Å². The van der Waals surface area contributed by atoms with Crippen LogP contribution >= 0.6 is 22.7 Å². The lowest BCUT2D eigenvalue weighted by atomic mass is 9.96. The average Bonchev–Trinajstić information content (AvgIpc) is 3.62. The van der Waals surface area contributed by atoms with Crippen molar-refractivity contribution < 1.29 is 19.1 Å². The molecular formula is C28H28N2O4S2. The van der Waals surface area contributed by atoms with Crippen LogP contribution in [0.4, 0.5) is 0 Å². The van der Waals surface area contributed by atoms with Gasteiger partial charge in [0.25, 0.3) is 11.8 Å². The summed E-state index contributed by atoms with van der Waals surface area (Å²) in [5, 5.41) is 10.0. The van der Waals surface area contributed by atoms with Gasteiger partial charge in [-0.05, 0) is 77.7 Å². The first kappa shape index (κ1) is 25.5. The van der Waals surface area contributed by atoms with E-state index in [0.29, 0.717) is 46.8 Å². The Morgan fingerprint density at radius 3 is 2.00 bits per heavy atom. The molecule has 0 unspecified atom stereocenters. The highest BCUT2D eigenvalue weighted by atomic mass is 32.1. The Balaban J connectivity index is 1.56. The van der Waals surface area contributed by atoms with E-state index in [1.54, 1.807) is 67.2 Å². The summed E-state index contributed by atoms with van der Waals surface area (Å²) in [4.78, 5) is 28.5. The predicted octanol–water partition coefficient (Wildman–Crippen LogP) is 5.44. The van der Waals surface area contributed by atoms with Gasteiger partial charge in [0.15, 0.2) is 0 Å². The molecule has 0 bridgehead atoms. The molecule has 0 spiro atoms. The van der Waals surface area contributed by atoms with Crippen LogP contribution in [-0.4, -0.2) is 39.1 Å². The SMILES string of the molecule is COc1ccc(-c2cc(C(=O)NCCc3cccs3)ccc2OC)c(C(=O)NCCc2cccs2)c1. The number of hydrogen-bond donors (Lipinski definition) is 2. The van der Waals surface area contributed by atoms with Crippen LogP contribution < -0.4 is 20.1 Å². The highest BCUT2D eigenvalue weighted by Gasteiger charge is 2.19. The summed E-state index contributed by atoms with van der Waals surface area (Å²) >= 11 is 3.34. The van der Waals surface area contributed by atoms with Crippen molar-refractivity contribution in [2.45, 2.75) is 12.8 Å². The summed E-state index contributed by atoms with van der Waals surface area (Å²) in [6.07, 6.45) is 1.54. The zero-order valence-electron chi connectivity index (χ0n) is 20.2. The quantitative estimate of drug-likeness (QED) is 0.276. The van der Waals surface area contributed by atoms with Gasteiger partial charge < -0.3 is 20.1 Å². The molecule has 6 nitrogen and oxygen atoms in total. The summed E-state index contributed by atoms with van der Waals surface area (Å²) < 4.78 is 11.0. The number of amides is 2. The lowest BCUT2D eigenvalue weighted by molar-refractivity contribution is 0.0946. The topological polar surface area (TPSA) is 76.7 Å². The first-order valence-electron chi connectivity index (χ1n) is 11.6. The van der Waals surface area contributed by atoms with Gasteiger partial charge in [0.1, 0.15) is 11.5 Å². The highest BCUT2D eigenvalue weighted by Crippen LogP contribution is 2.35. The predicted molar refractivity (Wildman–Crippen MR) is 146 cm³/mol. The monoisotopic (exact) mass is 520 g/mol. The molecule has 36 heavy (non-hydrogen) atoms. The van der Waals surface area contributed by atoms with Gasteiger partial charge >= 0.3 is 0 Å². The highest BCUT2D eigenvalue weighted by molar-refractivity contribution is 7.10. The van der Waals surface area contributed by atoms with Crippen LogP contribution in [0.25, 0.3) is 11.1 Å². The second-order valence-corrected chi connectivity index (χ2v) is 10.1. The molecule has 2 N–H and O–H groups in total. The third-order valence-corrected chi connectivity index (χ3v) is 7.57. The molecule has 0 radical (unpaired) electrons. The number of benzene rings is 2. The van der Waals surface area contributed by atoms with E-state index in [1.807, 2.05) is 29.0 Å². The Morgan fingerprint density at radius 1 is 0.750 bits per heavy atom. The van der Waals surface area contributed by atoms with Gasteiger partial charge in [-0.3, -0.25) is 9.59 Å². The smallest absolute Gasteiger partial charge is 0.252 e. The number of hydrogen-bond acceptors (Lipinski definition) is 6. The van der Waals surface area contributed by atoms with Crippen molar-refractivity contribution in [3.05, 3.63) is 92.3 Å². The van der Waals surface area contributed by atoms with Gasteiger partial charge in [0, 0.05) is 34.0 Å². The third kappa shape index (κ3) is 6.33. The summed E-state index contributed by atoms with van der Waals surface area (Å²) in [6, 6.07) is 18.7. The van der Waals surface area contributed by atoms with E-state index in [0.717, 1.165) is 12.8 Å². The molecule has 0 aliphatic heterocycles. The van der Waals surface area contributed by atoms with Crippen LogP contribution in [0.15, 0.2) is 71.4 Å². The lowest BCUT2D eigenvalue weighted by Crippen LogP contribution is -2.26. The number of ether oxygens (including phenoxy) is 2. The molecule has 4 rings (SSSR count). The normalized spacial score (nSPS) is 10.6. The minimum absolute atomic E-state index is 0.175. The first-order valence-corrected chi connectivity index (χ1v) is 13.3. The zero-order valence-corrected chi connectivity index (χ0v) is 21.8. The molecule has 2 amide bonds. The van der Waals surface area contributed by atoms with Crippen LogP contribution in [0.2, 0.25) is 0 Å². The second-order valence-electron chi connectivity index (χ2n) is 8.00. The maximum atomic E-state index is 13.2. The molecule has 2 aromatic carbocycles. The molecule has 0 fully saturated rings. The van der Waals surface area contributed by atoms with Crippen molar-refractivity contribution in [1.29, 1.82) is 0 Å². The Hall–Kier alpha value is -3.62. The van der Waals surface area contributed by atoms with Crippen LogP contribution in [0, 0.1) is 0 Å². The molecular weight excluding hydrogens is 492 g/mol. The molecule has 0 saturated carbocycles. The van der Waals surface area contributed by atoms with E-state index in [2.05, 4.69) is 22.8 Å². The summed E-state index contributed by atoms with van der Waals surface area (Å²) in [7, 11) is 3.14. The summed E-state index contributed by atoms with van der Waals surface area (Å²) in [6.45, 7) is 1.06. The molecule has 2 aromatic heterocycles. The number of carbonyl (C=O) groups excluding carboxylic acids is 2. The van der Waals surface area contributed by atoms with Gasteiger partial charge in [-0.1, -0.05) is 12.1 Å². The maximum Gasteiger partial charge on any atom is 0.252 e. The van der Waals surface area contributed by atoms with E-state index in [1.165, 1.54) is 9.75 Å². The standard InChI is InChI=1S/C28H28N2O4S2/c1-33-20-8-9-23(25(18-20)28(32)30-14-12-22-6-4-16-36-22)24-17-19(7-10-26(24)34-2)27(31)29-13-11-21-5-3-15-35-21/h3-10,15-18H,11-14H2,1-2H3,(H,29,31)(H,30,32). The fourth-order valence-electron chi connectivity index (χ4n) is 3.84. The molecule has 0 atom stereocenters. The second kappa shape index (κ2) is 12.4. The molecule has 4 aromatic rings. The summed E-state index contributed by atoms with van der Waals surface area (Å²) in [5.74, 6) is 0.755. The van der Waals surface area contributed by atoms with Gasteiger partial charge in [-0.2, -0.15) is 0 Å². The third-order valence-electron chi connectivity index (χ3n) is 5.70. The largest absolute Gasteiger partial charge is 0.497 e. The Morgan fingerprint density at radius 2 is 1.42 bits per heavy atom. The van der Waals surface area contributed by atoms with Crippen molar-refractivity contribution >= 4 is 34.5 Å². The molecule has 2 heterocycles. The number of methoxy groups -OCH3 is 2. The molecule has 0 aliphatic rings. The van der Waals surface area contributed by atoms with Gasteiger partial charge in [-0.25, -0.2) is 0 Å². The minimum Gasteiger partial charge on any atom is -0.497 e.